The number of rotatable bonds is 5. The summed E-state index contributed by atoms with van der Waals surface area (Å²) in [4.78, 5) is 28.3. The molecule has 2 aromatic carbocycles. The molecule has 1 aromatic heterocycles. The number of carboxylic acid groups (broad SMARTS) is 1. The number of fused-ring (bicyclic) bond motifs is 1. The number of aryl methyl sites for hydroxylation is 2. The molecule has 1 heterocycles. The van der Waals surface area contributed by atoms with Gasteiger partial charge in [-0.3, -0.25) is 4.79 Å². The Labute approximate surface area is 151 Å². The smallest absolute Gasteiger partial charge is 0.335 e. The summed E-state index contributed by atoms with van der Waals surface area (Å²) in [5, 5.41) is 9.18. The zero-order chi connectivity index (χ0) is 18.7. The zero-order valence-corrected chi connectivity index (χ0v) is 14.8. The van der Waals surface area contributed by atoms with E-state index < -0.39 is 5.97 Å². The molecule has 0 amide bonds. The molecule has 0 aliphatic heterocycles. The second-order valence-electron chi connectivity index (χ2n) is 5.98. The molecular formula is C21H20N2O3. The van der Waals surface area contributed by atoms with Crippen LogP contribution in [0.3, 0.4) is 0 Å². The average molecular weight is 348 g/mol. The highest BCUT2D eigenvalue weighted by molar-refractivity contribution is 5.92. The fourth-order valence-corrected chi connectivity index (χ4v) is 2.86. The van der Waals surface area contributed by atoms with Crippen molar-refractivity contribution in [2.45, 2.75) is 26.8 Å². The third-order valence-electron chi connectivity index (χ3n) is 4.36. The predicted octanol–water partition coefficient (Wildman–Crippen LogP) is 3.85. The highest BCUT2D eigenvalue weighted by atomic mass is 16.4. The Bertz CT molecular complexity index is 1050. The summed E-state index contributed by atoms with van der Waals surface area (Å²) in [6.45, 7) is 4.46. The molecule has 3 rings (SSSR count). The van der Waals surface area contributed by atoms with Crippen LogP contribution in [0.1, 0.15) is 41.0 Å². The van der Waals surface area contributed by atoms with E-state index in [9.17, 15) is 14.7 Å². The quantitative estimate of drug-likeness (QED) is 0.760. The van der Waals surface area contributed by atoms with Crippen molar-refractivity contribution in [2.24, 2.45) is 0 Å². The van der Waals surface area contributed by atoms with Gasteiger partial charge in [-0.25, -0.2) is 9.78 Å². The van der Waals surface area contributed by atoms with Crippen molar-refractivity contribution in [2.75, 3.05) is 0 Å². The fraction of sp³-hybridized carbons (Fsp3) is 0.190. The second kappa shape index (κ2) is 7.35. The monoisotopic (exact) mass is 348 g/mol. The van der Waals surface area contributed by atoms with Gasteiger partial charge in [0, 0.05) is 6.54 Å². The lowest BCUT2D eigenvalue weighted by molar-refractivity contribution is 0.0697. The molecule has 5 nitrogen and oxygen atoms in total. The molecule has 0 aliphatic rings. The van der Waals surface area contributed by atoms with Crippen molar-refractivity contribution in [3.63, 3.8) is 0 Å². The standard InChI is InChI=1S/C21H20N2O3/c1-3-14-5-7-15(8-6-14)9-11-17-20(24)23(4-2)19-12-10-16(21(25)26)13-18(19)22-17/h5-13H,3-4H2,1-2H3,(H,25,26)/b11-9+. The first-order valence-corrected chi connectivity index (χ1v) is 8.58. The van der Waals surface area contributed by atoms with E-state index in [2.05, 4.69) is 24.0 Å². The number of nitrogens with zero attached hydrogens (tertiary/aromatic N) is 2. The van der Waals surface area contributed by atoms with E-state index in [1.165, 1.54) is 17.7 Å². The summed E-state index contributed by atoms with van der Waals surface area (Å²) in [6.07, 6.45) is 4.50. The number of hydrogen-bond donors (Lipinski definition) is 1. The SMILES string of the molecule is CCc1ccc(/C=C/c2nc3cc(C(=O)O)ccc3n(CC)c2=O)cc1. The minimum absolute atomic E-state index is 0.149. The van der Waals surface area contributed by atoms with Crippen molar-refractivity contribution in [3.8, 4) is 0 Å². The van der Waals surface area contributed by atoms with Crippen LogP contribution in [-0.2, 0) is 13.0 Å². The molecule has 0 fully saturated rings. The Morgan fingerprint density at radius 2 is 1.85 bits per heavy atom. The molecule has 0 spiro atoms. The van der Waals surface area contributed by atoms with Crippen LogP contribution in [0, 0.1) is 0 Å². The van der Waals surface area contributed by atoms with Gasteiger partial charge in [0.25, 0.3) is 5.56 Å². The van der Waals surface area contributed by atoms with Crippen LogP contribution in [0.5, 0.6) is 0 Å². The number of carbonyl (C=O) groups is 1. The van der Waals surface area contributed by atoms with E-state index in [1.807, 2.05) is 25.1 Å². The zero-order valence-electron chi connectivity index (χ0n) is 14.8. The normalized spacial score (nSPS) is 11.3. The van der Waals surface area contributed by atoms with Crippen LogP contribution in [0.4, 0.5) is 0 Å². The number of aromatic nitrogens is 2. The largest absolute Gasteiger partial charge is 0.478 e. The molecule has 0 atom stereocenters. The van der Waals surface area contributed by atoms with E-state index in [-0.39, 0.29) is 11.1 Å². The molecule has 0 unspecified atom stereocenters. The van der Waals surface area contributed by atoms with Crippen molar-refractivity contribution >= 4 is 29.2 Å². The molecule has 0 saturated heterocycles. The van der Waals surface area contributed by atoms with Gasteiger partial charge < -0.3 is 9.67 Å². The van der Waals surface area contributed by atoms with Crippen LogP contribution < -0.4 is 5.56 Å². The van der Waals surface area contributed by atoms with Gasteiger partial charge in [-0.05, 0) is 48.7 Å². The minimum atomic E-state index is -1.02. The van der Waals surface area contributed by atoms with E-state index >= 15 is 0 Å². The predicted molar refractivity (Wildman–Crippen MR) is 103 cm³/mol. The average Bonchev–Trinajstić information content (AvgIpc) is 2.66. The van der Waals surface area contributed by atoms with Crippen LogP contribution in [-0.4, -0.2) is 20.6 Å². The first-order chi connectivity index (χ1) is 12.5. The topological polar surface area (TPSA) is 72.2 Å². The molecular weight excluding hydrogens is 328 g/mol. The Morgan fingerprint density at radius 1 is 1.12 bits per heavy atom. The maximum Gasteiger partial charge on any atom is 0.335 e. The van der Waals surface area contributed by atoms with Crippen LogP contribution in [0.25, 0.3) is 23.2 Å². The Balaban J connectivity index is 2.08. The van der Waals surface area contributed by atoms with Gasteiger partial charge in [-0.2, -0.15) is 0 Å². The van der Waals surface area contributed by atoms with Gasteiger partial charge in [0.05, 0.1) is 16.6 Å². The molecule has 132 valence electrons. The van der Waals surface area contributed by atoms with Crippen LogP contribution in [0.15, 0.2) is 47.3 Å². The lowest BCUT2D eigenvalue weighted by Crippen LogP contribution is -2.23. The fourth-order valence-electron chi connectivity index (χ4n) is 2.86. The molecule has 0 aliphatic carbocycles. The summed E-state index contributed by atoms with van der Waals surface area (Å²) in [5.41, 5.74) is 3.60. The summed E-state index contributed by atoms with van der Waals surface area (Å²) in [5.74, 6) is -1.02. The molecule has 5 heteroatoms. The molecule has 0 radical (unpaired) electrons. The summed E-state index contributed by atoms with van der Waals surface area (Å²) in [7, 11) is 0. The minimum Gasteiger partial charge on any atom is -0.478 e. The van der Waals surface area contributed by atoms with Gasteiger partial charge in [0.15, 0.2) is 0 Å². The number of benzene rings is 2. The van der Waals surface area contributed by atoms with Crippen molar-refractivity contribution in [1.29, 1.82) is 0 Å². The van der Waals surface area contributed by atoms with Crippen molar-refractivity contribution < 1.29 is 9.90 Å². The van der Waals surface area contributed by atoms with Crippen molar-refractivity contribution in [3.05, 3.63) is 75.2 Å². The van der Waals surface area contributed by atoms with Gasteiger partial charge in [-0.15, -0.1) is 0 Å². The first kappa shape index (κ1) is 17.6. The van der Waals surface area contributed by atoms with E-state index in [0.717, 1.165) is 12.0 Å². The third-order valence-corrected chi connectivity index (χ3v) is 4.36. The van der Waals surface area contributed by atoms with E-state index in [4.69, 9.17) is 0 Å². The highest BCUT2D eigenvalue weighted by Gasteiger charge is 2.11. The van der Waals surface area contributed by atoms with Crippen LogP contribution >= 0.6 is 0 Å². The van der Waals surface area contributed by atoms with Crippen molar-refractivity contribution in [1.82, 2.24) is 9.55 Å². The molecule has 0 saturated carbocycles. The second-order valence-corrected chi connectivity index (χ2v) is 5.98. The van der Waals surface area contributed by atoms with Gasteiger partial charge in [-0.1, -0.05) is 37.3 Å². The Hall–Kier alpha value is -3.21. The maximum atomic E-state index is 12.7. The van der Waals surface area contributed by atoms with Crippen LogP contribution in [0.2, 0.25) is 0 Å². The lowest BCUT2D eigenvalue weighted by atomic mass is 10.1. The lowest BCUT2D eigenvalue weighted by Gasteiger charge is -2.09. The first-order valence-electron chi connectivity index (χ1n) is 8.58. The Kier molecular flexibility index (Phi) is 4.98. The molecule has 3 aromatic rings. The summed E-state index contributed by atoms with van der Waals surface area (Å²) < 4.78 is 1.60. The number of aromatic carboxylic acids is 1. The van der Waals surface area contributed by atoms with Gasteiger partial charge in [0.1, 0.15) is 5.69 Å². The molecule has 0 bridgehead atoms. The Morgan fingerprint density at radius 3 is 2.46 bits per heavy atom. The van der Waals surface area contributed by atoms with E-state index in [1.54, 1.807) is 16.7 Å². The van der Waals surface area contributed by atoms with Gasteiger partial charge >= 0.3 is 5.97 Å². The molecule has 26 heavy (non-hydrogen) atoms. The van der Waals surface area contributed by atoms with Gasteiger partial charge in [0.2, 0.25) is 0 Å². The highest BCUT2D eigenvalue weighted by Crippen LogP contribution is 2.15. The van der Waals surface area contributed by atoms with E-state index in [0.29, 0.717) is 23.3 Å². The molecule has 1 N–H and O–H groups in total. The summed E-state index contributed by atoms with van der Waals surface area (Å²) in [6, 6.07) is 12.7. The third kappa shape index (κ3) is 3.42. The maximum absolute atomic E-state index is 12.7. The number of carboxylic acids is 1. The summed E-state index contributed by atoms with van der Waals surface area (Å²) >= 11 is 0. The number of hydrogen-bond acceptors (Lipinski definition) is 3.